The van der Waals surface area contributed by atoms with Gasteiger partial charge in [0.1, 0.15) is 11.6 Å². The van der Waals surface area contributed by atoms with Crippen LogP contribution in [0.3, 0.4) is 0 Å². The van der Waals surface area contributed by atoms with Gasteiger partial charge in [0, 0.05) is 5.56 Å². The molecule has 0 saturated heterocycles. The quantitative estimate of drug-likeness (QED) is 0.711. The molecule has 0 fully saturated rings. The van der Waals surface area contributed by atoms with Crippen LogP contribution in [-0.4, -0.2) is 33.1 Å². The summed E-state index contributed by atoms with van der Waals surface area (Å²) >= 11 is 3.63. The van der Waals surface area contributed by atoms with Crippen molar-refractivity contribution < 1.29 is 27.1 Å². The summed E-state index contributed by atoms with van der Waals surface area (Å²) in [4.78, 5) is 25.0. The van der Waals surface area contributed by atoms with Crippen LogP contribution in [0.4, 0.5) is 10.1 Å². The summed E-state index contributed by atoms with van der Waals surface area (Å²) < 4.78 is 46.4. The number of benzene rings is 2. The average Bonchev–Trinajstić information content (AvgIpc) is 2.68. The van der Waals surface area contributed by atoms with Crippen molar-refractivity contribution in [1.82, 2.24) is 4.72 Å². The zero-order chi connectivity index (χ0) is 20.2. The zero-order valence-corrected chi connectivity index (χ0v) is 16.2. The number of rotatable bonds is 6. The van der Waals surface area contributed by atoms with Crippen LogP contribution in [-0.2, 0) is 10.0 Å². The minimum Gasteiger partial charge on any atom is -0.497 e. The number of halogens is 1. The fraction of sp³-hybridized carbons (Fsp3) is 0.176. The van der Waals surface area contributed by atoms with E-state index in [2.05, 4.69) is 12.8 Å². The minimum atomic E-state index is -4.13. The lowest BCUT2D eigenvalue weighted by atomic mass is 10.1. The van der Waals surface area contributed by atoms with Crippen molar-refractivity contribution in [2.45, 2.75) is 6.92 Å². The Hall–Kier alpha value is -2.59. The van der Waals surface area contributed by atoms with Gasteiger partial charge in [0.05, 0.1) is 24.1 Å². The van der Waals surface area contributed by atoms with E-state index in [9.17, 15) is 22.4 Å². The maximum Gasteiger partial charge on any atom is 0.272 e. The molecule has 0 radical (unpaired) electrons. The topological polar surface area (TPSA) is 92.8 Å². The molecule has 144 valence electrons. The molecule has 0 saturated carbocycles. The van der Waals surface area contributed by atoms with Crippen molar-refractivity contribution in [2.75, 3.05) is 17.2 Å². The lowest BCUT2D eigenvalue weighted by Crippen LogP contribution is -2.39. The molecule has 0 atom stereocenters. The number of amides is 2. The maximum absolute atomic E-state index is 13.6. The van der Waals surface area contributed by atoms with Crippen molar-refractivity contribution in [3.8, 4) is 5.75 Å². The fourth-order valence-corrected chi connectivity index (χ4v) is 3.49. The number of carbonyl (C=O) groups excluding carboxylic acids is 2. The summed E-state index contributed by atoms with van der Waals surface area (Å²) in [5.74, 6) is -2.44. The molecular formula is C17H17FN2O5S2. The third kappa shape index (κ3) is 4.40. The van der Waals surface area contributed by atoms with E-state index in [1.807, 2.05) is 4.72 Å². The standard InChI is InChI=1S/C17H17FN2O5S2/c1-3-27(23,24)20(17(22)11-4-7-13(25-2)8-5-11)15-9-6-12(18)10-14(15)16(21)19-26/h4-10,26H,3H2,1-2H3,(H,19,21). The highest BCUT2D eigenvalue weighted by Crippen LogP contribution is 2.27. The van der Waals surface area contributed by atoms with Gasteiger partial charge in [0.25, 0.3) is 11.8 Å². The summed E-state index contributed by atoms with van der Waals surface area (Å²) in [5.41, 5.74) is -0.566. The van der Waals surface area contributed by atoms with Crippen LogP contribution < -0.4 is 13.8 Å². The summed E-state index contributed by atoms with van der Waals surface area (Å²) in [7, 11) is -2.68. The number of sulfonamides is 1. The van der Waals surface area contributed by atoms with E-state index in [1.54, 1.807) is 0 Å². The SMILES string of the molecule is CCS(=O)(=O)N(C(=O)c1ccc(OC)cc1)c1ccc(F)cc1C(=O)NS. The van der Waals surface area contributed by atoms with Crippen molar-refractivity contribution in [2.24, 2.45) is 0 Å². The Labute approximate surface area is 161 Å². The van der Waals surface area contributed by atoms with Crippen molar-refractivity contribution in [3.05, 3.63) is 59.4 Å². The number of methoxy groups -OCH3 is 1. The summed E-state index contributed by atoms with van der Waals surface area (Å²) in [6.45, 7) is 1.35. The molecule has 2 aromatic rings. The van der Waals surface area contributed by atoms with Gasteiger partial charge in [-0.15, -0.1) is 0 Å². The average molecular weight is 412 g/mol. The van der Waals surface area contributed by atoms with Crippen LogP contribution in [0, 0.1) is 5.82 Å². The highest BCUT2D eigenvalue weighted by Gasteiger charge is 2.32. The first kappa shape index (κ1) is 20.7. The molecular weight excluding hydrogens is 395 g/mol. The number of nitrogens with one attached hydrogen (secondary N) is 1. The van der Waals surface area contributed by atoms with Crippen LogP contribution in [0.15, 0.2) is 42.5 Å². The second kappa shape index (κ2) is 8.40. The van der Waals surface area contributed by atoms with Crippen LogP contribution in [0.1, 0.15) is 27.6 Å². The van der Waals surface area contributed by atoms with Crippen LogP contribution in [0.2, 0.25) is 0 Å². The molecule has 10 heteroatoms. The first-order chi connectivity index (χ1) is 12.7. The molecule has 0 aliphatic carbocycles. The summed E-state index contributed by atoms with van der Waals surface area (Å²) in [6.07, 6.45) is 0. The third-order valence-corrected chi connectivity index (χ3v) is 5.54. The highest BCUT2D eigenvalue weighted by atomic mass is 32.2. The Bertz CT molecular complexity index is 962. The molecule has 1 N–H and O–H groups in total. The molecule has 2 aromatic carbocycles. The molecule has 7 nitrogen and oxygen atoms in total. The van der Waals surface area contributed by atoms with Gasteiger partial charge in [-0.2, -0.15) is 0 Å². The molecule has 0 unspecified atom stereocenters. The third-order valence-electron chi connectivity index (χ3n) is 3.69. The van der Waals surface area contributed by atoms with Crippen LogP contribution in [0.25, 0.3) is 0 Å². The first-order valence-corrected chi connectivity index (χ1v) is 9.76. The molecule has 2 amide bonds. The Kier molecular flexibility index (Phi) is 6.45. The zero-order valence-electron chi connectivity index (χ0n) is 14.5. The number of hydrogen-bond acceptors (Lipinski definition) is 6. The van der Waals surface area contributed by atoms with E-state index in [4.69, 9.17) is 4.74 Å². The van der Waals surface area contributed by atoms with E-state index in [1.165, 1.54) is 38.3 Å². The molecule has 0 aromatic heterocycles. The predicted molar refractivity (Wildman–Crippen MR) is 102 cm³/mol. The highest BCUT2D eigenvalue weighted by molar-refractivity contribution is 7.93. The van der Waals surface area contributed by atoms with Gasteiger partial charge in [-0.25, -0.2) is 17.1 Å². The Morgan fingerprint density at radius 3 is 2.33 bits per heavy atom. The Morgan fingerprint density at radius 2 is 1.81 bits per heavy atom. The van der Waals surface area contributed by atoms with Crippen molar-refractivity contribution in [3.63, 3.8) is 0 Å². The fourth-order valence-electron chi connectivity index (χ4n) is 2.29. The Balaban J connectivity index is 2.66. The van der Waals surface area contributed by atoms with E-state index in [-0.39, 0.29) is 16.8 Å². The van der Waals surface area contributed by atoms with E-state index in [0.717, 1.165) is 18.2 Å². The van der Waals surface area contributed by atoms with E-state index >= 15 is 0 Å². The van der Waals surface area contributed by atoms with Crippen molar-refractivity contribution in [1.29, 1.82) is 0 Å². The summed E-state index contributed by atoms with van der Waals surface area (Å²) in [5, 5.41) is 0. The van der Waals surface area contributed by atoms with Gasteiger partial charge in [0.15, 0.2) is 0 Å². The van der Waals surface area contributed by atoms with Gasteiger partial charge in [-0.05, 0) is 49.4 Å². The van der Waals surface area contributed by atoms with Gasteiger partial charge >= 0.3 is 0 Å². The smallest absolute Gasteiger partial charge is 0.272 e. The molecule has 27 heavy (non-hydrogen) atoms. The van der Waals surface area contributed by atoms with E-state index in [0.29, 0.717) is 10.1 Å². The van der Waals surface area contributed by atoms with Crippen molar-refractivity contribution >= 4 is 40.3 Å². The maximum atomic E-state index is 13.6. The van der Waals surface area contributed by atoms with Crippen LogP contribution in [0.5, 0.6) is 5.75 Å². The van der Waals surface area contributed by atoms with Gasteiger partial charge in [-0.1, -0.05) is 12.8 Å². The largest absolute Gasteiger partial charge is 0.497 e. The number of nitrogens with zero attached hydrogens (tertiary/aromatic N) is 1. The van der Waals surface area contributed by atoms with Gasteiger partial charge < -0.3 is 4.74 Å². The monoisotopic (exact) mass is 412 g/mol. The number of ether oxygens (including phenoxy) is 1. The Morgan fingerprint density at radius 1 is 1.19 bits per heavy atom. The lowest BCUT2D eigenvalue weighted by Gasteiger charge is -2.24. The molecule has 0 aliphatic rings. The molecule has 0 heterocycles. The number of carbonyl (C=O) groups is 2. The number of thiol groups is 1. The molecule has 0 aliphatic heterocycles. The predicted octanol–water partition coefficient (Wildman–Crippen LogP) is 2.41. The second-order valence-corrected chi connectivity index (χ2v) is 7.63. The van der Waals surface area contributed by atoms with Gasteiger partial charge in [-0.3, -0.25) is 14.3 Å². The van der Waals surface area contributed by atoms with Gasteiger partial charge in [0.2, 0.25) is 10.0 Å². The number of hydrogen-bond donors (Lipinski definition) is 2. The lowest BCUT2D eigenvalue weighted by molar-refractivity contribution is 0.0985. The second-order valence-electron chi connectivity index (χ2n) is 5.30. The van der Waals surface area contributed by atoms with Crippen LogP contribution >= 0.6 is 12.8 Å². The molecule has 0 bridgehead atoms. The molecule has 0 spiro atoms. The first-order valence-electron chi connectivity index (χ1n) is 7.70. The number of anilines is 1. The normalized spacial score (nSPS) is 11.0. The molecule has 2 rings (SSSR count). The van der Waals surface area contributed by atoms with E-state index < -0.39 is 33.4 Å². The minimum absolute atomic E-state index is 0.0504. The summed E-state index contributed by atoms with van der Waals surface area (Å²) in [6, 6.07) is 8.63.